The van der Waals surface area contributed by atoms with E-state index < -0.39 is 12.1 Å². The first-order chi connectivity index (χ1) is 16.2. The highest BCUT2D eigenvalue weighted by atomic mass is 35.5. The quantitative estimate of drug-likeness (QED) is 0.256. The molecule has 0 unspecified atom stereocenters. The van der Waals surface area contributed by atoms with Crippen molar-refractivity contribution in [1.82, 2.24) is 14.6 Å². The second-order valence-electron chi connectivity index (χ2n) is 8.19. The first-order valence-electron chi connectivity index (χ1n) is 10.6. The van der Waals surface area contributed by atoms with E-state index in [9.17, 15) is 13.2 Å². The second-order valence-corrected chi connectivity index (χ2v) is 9.42. The highest BCUT2D eigenvalue weighted by molar-refractivity contribution is 6.33. The van der Waals surface area contributed by atoms with Crippen molar-refractivity contribution in [3.8, 4) is 22.4 Å². The van der Waals surface area contributed by atoms with Crippen LogP contribution < -0.4 is 4.90 Å². The zero-order valence-corrected chi connectivity index (χ0v) is 19.9. The molecule has 0 spiro atoms. The number of aromatic nitrogens is 3. The topological polar surface area (TPSA) is 33.4 Å². The molecule has 34 heavy (non-hydrogen) atoms. The Labute approximate surface area is 208 Å². The summed E-state index contributed by atoms with van der Waals surface area (Å²) in [5.41, 5.74) is 3.30. The van der Waals surface area contributed by atoms with Crippen LogP contribution >= 0.6 is 34.8 Å². The maximum absolute atomic E-state index is 13.2. The van der Waals surface area contributed by atoms with E-state index in [1.165, 1.54) is 0 Å². The molecule has 0 bridgehead atoms. The van der Waals surface area contributed by atoms with Crippen LogP contribution in [0.2, 0.25) is 15.2 Å². The van der Waals surface area contributed by atoms with Gasteiger partial charge in [0, 0.05) is 29.7 Å². The minimum atomic E-state index is -4.19. The molecule has 2 aromatic carbocycles. The molecular weight excluding hydrogens is 508 g/mol. The molecule has 1 aliphatic rings. The van der Waals surface area contributed by atoms with Crippen LogP contribution in [0.4, 0.5) is 19.0 Å². The lowest BCUT2D eigenvalue weighted by Gasteiger charge is -2.34. The molecular formula is C24H18Cl3F3N4. The molecule has 1 fully saturated rings. The molecule has 10 heteroatoms. The fourth-order valence-corrected chi connectivity index (χ4v) is 4.89. The first-order valence-corrected chi connectivity index (χ1v) is 11.8. The summed E-state index contributed by atoms with van der Waals surface area (Å²) in [4.78, 5) is 6.42. The monoisotopic (exact) mass is 524 g/mol. The van der Waals surface area contributed by atoms with Gasteiger partial charge in [-0.15, -0.1) is 0 Å². The SMILES string of the molecule is FC(F)(F)C1CCN(c2cc(Cl)nc3c(-c4ccc(Cl)cc4)c(-c4ccccc4Cl)nn23)CC1. The maximum Gasteiger partial charge on any atom is 0.391 e. The van der Waals surface area contributed by atoms with E-state index in [2.05, 4.69) is 4.98 Å². The lowest BCUT2D eigenvalue weighted by Crippen LogP contribution is -2.39. The molecule has 0 atom stereocenters. The molecule has 5 rings (SSSR count). The van der Waals surface area contributed by atoms with Gasteiger partial charge in [-0.3, -0.25) is 0 Å². The predicted molar refractivity (Wildman–Crippen MR) is 130 cm³/mol. The van der Waals surface area contributed by atoms with Crippen molar-refractivity contribution in [2.45, 2.75) is 19.0 Å². The normalized spacial score (nSPS) is 15.3. The Morgan fingerprint density at radius 3 is 2.24 bits per heavy atom. The highest BCUT2D eigenvalue weighted by Gasteiger charge is 2.41. The van der Waals surface area contributed by atoms with Gasteiger partial charge in [-0.1, -0.05) is 65.1 Å². The molecule has 0 radical (unpaired) electrons. The number of nitrogens with zero attached hydrogens (tertiary/aromatic N) is 4. The van der Waals surface area contributed by atoms with E-state index in [0.29, 0.717) is 38.3 Å². The van der Waals surface area contributed by atoms with E-state index in [0.717, 1.165) is 5.56 Å². The zero-order chi connectivity index (χ0) is 24.0. The smallest absolute Gasteiger partial charge is 0.356 e. The number of rotatable bonds is 3. The molecule has 0 saturated carbocycles. The van der Waals surface area contributed by atoms with E-state index in [1.807, 2.05) is 35.2 Å². The van der Waals surface area contributed by atoms with Gasteiger partial charge in [0.15, 0.2) is 5.65 Å². The Morgan fingerprint density at radius 2 is 1.59 bits per heavy atom. The number of hydrogen-bond acceptors (Lipinski definition) is 3. The standard InChI is InChI=1S/C24H18Cl3F3N4/c25-16-7-5-14(6-8-16)21-22(17-3-1-2-4-18(17)26)32-34-20(13-19(27)31-23(21)34)33-11-9-15(10-12-33)24(28,29)30/h1-8,13,15H,9-12H2. The summed E-state index contributed by atoms with van der Waals surface area (Å²) in [5, 5.41) is 6.16. The number of hydrogen-bond donors (Lipinski definition) is 0. The van der Waals surface area contributed by atoms with Gasteiger partial charge in [0.1, 0.15) is 16.7 Å². The first kappa shape index (κ1) is 23.3. The molecule has 4 nitrogen and oxygen atoms in total. The van der Waals surface area contributed by atoms with Gasteiger partial charge in [0.05, 0.1) is 16.5 Å². The molecule has 3 heterocycles. The molecule has 0 amide bonds. The number of fused-ring (bicyclic) bond motifs is 1. The fraction of sp³-hybridized carbons (Fsp3) is 0.250. The van der Waals surface area contributed by atoms with E-state index in [1.54, 1.807) is 28.8 Å². The molecule has 2 aromatic heterocycles. The third kappa shape index (κ3) is 4.32. The summed E-state index contributed by atoms with van der Waals surface area (Å²) in [6, 6.07) is 16.2. The minimum Gasteiger partial charge on any atom is -0.356 e. The zero-order valence-electron chi connectivity index (χ0n) is 17.7. The van der Waals surface area contributed by atoms with Gasteiger partial charge in [-0.25, -0.2) is 4.98 Å². The minimum absolute atomic E-state index is 0.00756. The molecule has 0 N–H and O–H groups in total. The molecule has 1 saturated heterocycles. The molecule has 176 valence electrons. The number of piperidine rings is 1. The largest absolute Gasteiger partial charge is 0.391 e. The van der Waals surface area contributed by atoms with E-state index >= 15 is 0 Å². The third-order valence-electron chi connectivity index (χ3n) is 6.08. The summed E-state index contributed by atoms with van der Waals surface area (Å²) >= 11 is 19.0. The van der Waals surface area contributed by atoms with Crippen LogP contribution in [-0.4, -0.2) is 33.9 Å². The average Bonchev–Trinajstić information content (AvgIpc) is 3.18. The van der Waals surface area contributed by atoms with Crippen LogP contribution in [0.1, 0.15) is 12.8 Å². The van der Waals surface area contributed by atoms with Crippen molar-refractivity contribution in [2.75, 3.05) is 18.0 Å². The lowest BCUT2D eigenvalue weighted by atomic mass is 9.96. The van der Waals surface area contributed by atoms with Crippen molar-refractivity contribution in [3.05, 3.63) is 69.8 Å². The average molecular weight is 526 g/mol. The van der Waals surface area contributed by atoms with Gasteiger partial charge in [0.2, 0.25) is 0 Å². The Kier molecular flexibility index (Phi) is 6.12. The summed E-state index contributed by atoms with van der Waals surface area (Å²) in [6.07, 6.45) is -4.18. The highest BCUT2D eigenvalue weighted by Crippen LogP contribution is 2.41. The van der Waals surface area contributed by atoms with Crippen molar-refractivity contribution >= 4 is 46.3 Å². The number of halogens is 6. The van der Waals surface area contributed by atoms with Crippen LogP contribution in [0.25, 0.3) is 28.0 Å². The third-order valence-corrected chi connectivity index (χ3v) is 6.86. The summed E-state index contributed by atoms with van der Waals surface area (Å²) in [6.45, 7) is 0.467. The Bertz CT molecular complexity index is 1340. The van der Waals surface area contributed by atoms with Crippen molar-refractivity contribution in [1.29, 1.82) is 0 Å². The fourth-order valence-electron chi connectivity index (χ4n) is 4.36. The Hall–Kier alpha value is -2.48. The van der Waals surface area contributed by atoms with E-state index in [4.69, 9.17) is 39.9 Å². The molecule has 0 aliphatic carbocycles. The van der Waals surface area contributed by atoms with Crippen LogP contribution in [0.5, 0.6) is 0 Å². The van der Waals surface area contributed by atoms with Crippen LogP contribution in [-0.2, 0) is 0 Å². The molecule has 4 aromatic rings. The van der Waals surface area contributed by atoms with Crippen molar-refractivity contribution < 1.29 is 13.2 Å². The number of alkyl halides is 3. The summed E-state index contributed by atoms with van der Waals surface area (Å²) < 4.78 is 41.2. The number of benzene rings is 2. The second kappa shape index (κ2) is 8.95. The predicted octanol–water partition coefficient (Wildman–Crippen LogP) is 7.80. The van der Waals surface area contributed by atoms with Gasteiger partial charge in [-0.2, -0.15) is 22.8 Å². The van der Waals surface area contributed by atoms with Crippen molar-refractivity contribution in [3.63, 3.8) is 0 Å². The van der Waals surface area contributed by atoms with Crippen LogP contribution in [0.3, 0.4) is 0 Å². The van der Waals surface area contributed by atoms with Gasteiger partial charge in [0.25, 0.3) is 0 Å². The van der Waals surface area contributed by atoms with Crippen molar-refractivity contribution in [2.24, 2.45) is 5.92 Å². The Morgan fingerprint density at radius 1 is 0.912 bits per heavy atom. The van der Waals surface area contributed by atoms with Gasteiger partial charge < -0.3 is 4.90 Å². The van der Waals surface area contributed by atoms with Gasteiger partial charge in [-0.05, 0) is 36.6 Å². The Balaban J connectivity index is 1.69. The maximum atomic E-state index is 13.2. The van der Waals surface area contributed by atoms with Gasteiger partial charge >= 0.3 is 6.18 Å². The van der Waals surface area contributed by atoms with Crippen LogP contribution in [0, 0.1) is 5.92 Å². The van der Waals surface area contributed by atoms with E-state index in [-0.39, 0.29) is 31.1 Å². The lowest BCUT2D eigenvalue weighted by molar-refractivity contribution is -0.179. The summed E-state index contributed by atoms with van der Waals surface area (Å²) in [7, 11) is 0. The molecule has 1 aliphatic heterocycles. The summed E-state index contributed by atoms with van der Waals surface area (Å²) in [5.74, 6) is -0.721. The number of anilines is 1. The van der Waals surface area contributed by atoms with Crippen LogP contribution in [0.15, 0.2) is 54.6 Å².